The molecule has 9 heteroatoms. The van der Waals surface area contributed by atoms with Gasteiger partial charge in [-0.25, -0.2) is 13.6 Å². The number of rotatable bonds is 4. The first-order valence-electron chi connectivity index (χ1n) is 7.15. The zero-order chi connectivity index (χ0) is 18.2. The van der Waals surface area contributed by atoms with Gasteiger partial charge in [0.05, 0.1) is 4.90 Å². The van der Waals surface area contributed by atoms with Crippen LogP contribution in [0.15, 0.2) is 53.4 Å². The Balaban J connectivity index is 1.83. The Bertz CT molecular complexity index is 1000. The fourth-order valence-electron chi connectivity index (χ4n) is 2.54. The number of Topliss-reactive ketones (excluding diaryl/α,β-unsaturated/α-hetero) is 1. The molecule has 2 aromatic rings. The van der Waals surface area contributed by atoms with Gasteiger partial charge in [0.2, 0.25) is 21.7 Å². The van der Waals surface area contributed by atoms with E-state index in [9.17, 15) is 22.8 Å². The summed E-state index contributed by atoms with van der Waals surface area (Å²) < 4.78 is 22.7. The third kappa shape index (κ3) is 3.28. The van der Waals surface area contributed by atoms with Crippen LogP contribution in [-0.2, 0) is 24.4 Å². The van der Waals surface area contributed by atoms with E-state index in [1.54, 1.807) is 24.3 Å². The van der Waals surface area contributed by atoms with Crippen LogP contribution < -0.4 is 15.8 Å². The van der Waals surface area contributed by atoms with Crippen molar-refractivity contribution in [2.24, 2.45) is 5.14 Å². The summed E-state index contributed by atoms with van der Waals surface area (Å²) in [7, 11) is -3.95. The first-order valence-corrected chi connectivity index (χ1v) is 8.70. The molecule has 2 amide bonds. The number of carbonyl (C=O) groups is 3. The summed E-state index contributed by atoms with van der Waals surface area (Å²) in [4.78, 5) is 36.4. The minimum atomic E-state index is -3.95. The molecule has 25 heavy (non-hydrogen) atoms. The minimum absolute atomic E-state index is 0.0802. The van der Waals surface area contributed by atoms with Gasteiger partial charge in [0.15, 0.2) is 0 Å². The lowest BCUT2D eigenvalue weighted by molar-refractivity contribution is -0.138. The fraction of sp³-hybridized carbons (Fsp3) is 0.0625. The molecule has 3 rings (SSSR count). The number of sulfonamides is 1. The molecule has 1 atom stereocenters. The molecule has 2 aromatic carbocycles. The molecule has 1 aliphatic heterocycles. The van der Waals surface area contributed by atoms with Gasteiger partial charge in [0.1, 0.15) is 5.92 Å². The smallest absolute Gasteiger partial charge is 0.292 e. The van der Waals surface area contributed by atoms with Crippen LogP contribution in [0.25, 0.3) is 0 Å². The van der Waals surface area contributed by atoms with Crippen LogP contribution in [0.1, 0.15) is 11.5 Å². The molecule has 1 aliphatic rings. The molecule has 8 nitrogen and oxygen atoms in total. The van der Waals surface area contributed by atoms with Crippen molar-refractivity contribution in [1.29, 1.82) is 0 Å². The highest BCUT2D eigenvalue weighted by Gasteiger charge is 2.39. The molecule has 0 aliphatic carbocycles. The van der Waals surface area contributed by atoms with E-state index in [0.717, 1.165) is 6.07 Å². The number of nitrogens with one attached hydrogen (secondary N) is 2. The summed E-state index contributed by atoms with van der Waals surface area (Å²) in [5, 5.41) is 9.86. The number of ketones is 1. The molecule has 0 saturated carbocycles. The Labute approximate surface area is 143 Å². The van der Waals surface area contributed by atoms with Crippen molar-refractivity contribution in [3.63, 3.8) is 0 Å². The van der Waals surface area contributed by atoms with Crippen molar-refractivity contribution in [1.82, 2.24) is 0 Å². The predicted octanol–water partition coefficient (Wildman–Crippen LogP) is 0.577. The molecule has 0 bridgehead atoms. The lowest BCUT2D eigenvalue weighted by Gasteiger charge is -2.09. The minimum Gasteiger partial charge on any atom is -0.325 e. The van der Waals surface area contributed by atoms with Gasteiger partial charge in [0, 0.05) is 11.4 Å². The Morgan fingerprint density at radius 1 is 1.08 bits per heavy atom. The van der Waals surface area contributed by atoms with Gasteiger partial charge in [-0.05, 0) is 29.8 Å². The highest BCUT2D eigenvalue weighted by Crippen LogP contribution is 2.32. The predicted molar refractivity (Wildman–Crippen MR) is 89.3 cm³/mol. The van der Waals surface area contributed by atoms with E-state index in [0.29, 0.717) is 11.3 Å². The summed E-state index contributed by atoms with van der Waals surface area (Å²) in [5.41, 5.74) is 0.984. The summed E-state index contributed by atoms with van der Waals surface area (Å²) in [6, 6.07) is 11.7. The average molecular weight is 359 g/mol. The molecule has 0 saturated heterocycles. The summed E-state index contributed by atoms with van der Waals surface area (Å²) in [6.07, 6.45) is 0. The van der Waals surface area contributed by atoms with Crippen molar-refractivity contribution >= 4 is 39.0 Å². The van der Waals surface area contributed by atoms with Crippen LogP contribution in [0.3, 0.4) is 0 Å². The van der Waals surface area contributed by atoms with E-state index in [4.69, 9.17) is 5.14 Å². The number of para-hydroxylation sites is 1. The lowest BCUT2D eigenvalue weighted by atomic mass is 9.95. The number of anilines is 2. The molecule has 0 fully saturated rings. The molecule has 0 aromatic heterocycles. The maximum Gasteiger partial charge on any atom is 0.292 e. The first kappa shape index (κ1) is 16.8. The number of fused-ring (bicyclic) bond motifs is 1. The Morgan fingerprint density at radius 3 is 2.52 bits per heavy atom. The maximum atomic E-state index is 12.4. The summed E-state index contributed by atoms with van der Waals surface area (Å²) in [6.45, 7) is 0. The number of nitrogens with two attached hydrogens (primary N) is 1. The molecule has 0 radical (unpaired) electrons. The Hall–Kier alpha value is -3.04. The number of amides is 2. The second kappa shape index (κ2) is 6.11. The lowest BCUT2D eigenvalue weighted by Crippen LogP contribution is -2.32. The molecule has 1 heterocycles. The largest absolute Gasteiger partial charge is 0.325 e. The summed E-state index contributed by atoms with van der Waals surface area (Å²) >= 11 is 0. The van der Waals surface area contributed by atoms with Crippen molar-refractivity contribution in [3.8, 4) is 0 Å². The van der Waals surface area contributed by atoms with Crippen LogP contribution in [0, 0.1) is 0 Å². The van der Waals surface area contributed by atoms with E-state index >= 15 is 0 Å². The summed E-state index contributed by atoms with van der Waals surface area (Å²) in [5.74, 6) is -3.79. The third-order valence-corrected chi connectivity index (χ3v) is 4.61. The van der Waals surface area contributed by atoms with E-state index in [-0.39, 0.29) is 10.6 Å². The van der Waals surface area contributed by atoms with Gasteiger partial charge in [-0.2, -0.15) is 0 Å². The fourth-order valence-corrected chi connectivity index (χ4v) is 3.10. The second-order valence-corrected chi connectivity index (χ2v) is 6.96. The van der Waals surface area contributed by atoms with Gasteiger partial charge in [-0.1, -0.05) is 24.3 Å². The quantitative estimate of drug-likeness (QED) is 0.542. The van der Waals surface area contributed by atoms with Crippen LogP contribution in [0.5, 0.6) is 0 Å². The van der Waals surface area contributed by atoms with Crippen LogP contribution in [0.2, 0.25) is 0 Å². The second-order valence-electron chi connectivity index (χ2n) is 5.40. The number of benzene rings is 2. The molecule has 0 spiro atoms. The zero-order valence-electron chi connectivity index (χ0n) is 12.7. The highest BCUT2D eigenvalue weighted by molar-refractivity contribution is 7.89. The molecular weight excluding hydrogens is 346 g/mol. The van der Waals surface area contributed by atoms with Crippen molar-refractivity contribution in [2.45, 2.75) is 10.8 Å². The maximum absolute atomic E-state index is 12.4. The van der Waals surface area contributed by atoms with E-state index < -0.39 is 33.5 Å². The van der Waals surface area contributed by atoms with E-state index in [1.807, 2.05) is 0 Å². The molecular formula is C16H13N3O5S. The molecule has 128 valence electrons. The van der Waals surface area contributed by atoms with Gasteiger partial charge >= 0.3 is 0 Å². The van der Waals surface area contributed by atoms with Gasteiger partial charge in [0.25, 0.3) is 5.91 Å². The standard InChI is InChI=1S/C16H13N3O5S/c17-25(23,24)10-5-3-4-9(8-10)18-16(22)14(20)13-11-6-1-2-7-12(11)19-15(13)21/h1-8,13H,(H,18,22)(H,19,21)(H2,17,23,24). The zero-order valence-corrected chi connectivity index (χ0v) is 13.5. The Morgan fingerprint density at radius 2 is 1.80 bits per heavy atom. The third-order valence-electron chi connectivity index (χ3n) is 3.70. The van der Waals surface area contributed by atoms with Gasteiger partial charge in [-0.3, -0.25) is 14.4 Å². The SMILES string of the molecule is NS(=O)(=O)c1cccc(NC(=O)C(=O)C2C(=O)Nc3ccccc32)c1. The first-order chi connectivity index (χ1) is 11.8. The number of primary sulfonamides is 1. The van der Waals surface area contributed by atoms with Gasteiger partial charge in [-0.15, -0.1) is 0 Å². The number of carbonyl (C=O) groups excluding carboxylic acids is 3. The van der Waals surface area contributed by atoms with Crippen LogP contribution in [-0.4, -0.2) is 26.0 Å². The molecule has 1 unspecified atom stereocenters. The normalized spacial score (nSPS) is 16.0. The topological polar surface area (TPSA) is 135 Å². The monoisotopic (exact) mass is 359 g/mol. The van der Waals surface area contributed by atoms with Crippen molar-refractivity contribution < 1.29 is 22.8 Å². The average Bonchev–Trinajstić information content (AvgIpc) is 2.89. The van der Waals surface area contributed by atoms with Crippen LogP contribution >= 0.6 is 0 Å². The van der Waals surface area contributed by atoms with E-state index in [2.05, 4.69) is 10.6 Å². The number of hydrogen-bond acceptors (Lipinski definition) is 5. The highest BCUT2D eigenvalue weighted by atomic mass is 32.2. The van der Waals surface area contributed by atoms with Crippen molar-refractivity contribution in [2.75, 3.05) is 10.6 Å². The molecule has 4 N–H and O–H groups in total. The van der Waals surface area contributed by atoms with Crippen LogP contribution in [0.4, 0.5) is 11.4 Å². The number of hydrogen-bond donors (Lipinski definition) is 3. The van der Waals surface area contributed by atoms with E-state index in [1.165, 1.54) is 18.2 Å². The van der Waals surface area contributed by atoms with Crippen molar-refractivity contribution in [3.05, 3.63) is 54.1 Å². The van der Waals surface area contributed by atoms with Gasteiger partial charge < -0.3 is 10.6 Å². The Kier molecular flexibility index (Phi) is 4.11.